The number of carbonyl (C=O) groups excluding carboxylic acids is 1. The number of carbonyl (C=O) groups is 1. The second kappa shape index (κ2) is 6.20. The minimum atomic E-state index is -0.509. The van der Waals surface area contributed by atoms with Gasteiger partial charge in [-0.25, -0.2) is 0 Å². The molecule has 1 amide bonds. The first-order valence-electron chi connectivity index (χ1n) is 7.97. The smallest absolute Gasteiger partial charge is 0.246 e. The number of aromatic nitrogens is 1. The second-order valence-electron chi connectivity index (χ2n) is 6.23. The van der Waals surface area contributed by atoms with E-state index in [1.54, 1.807) is 0 Å². The van der Waals surface area contributed by atoms with E-state index >= 15 is 0 Å². The van der Waals surface area contributed by atoms with Crippen LogP contribution in [0.4, 0.5) is 0 Å². The largest absolute Gasteiger partial charge is 0.387 e. The van der Waals surface area contributed by atoms with Gasteiger partial charge in [-0.05, 0) is 18.1 Å². The summed E-state index contributed by atoms with van der Waals surface area (Å²) in [6, 6.07) is 3.71. The minimum absolute atomic E-state index is 0.123. The van der Waals surface area contributed by atoms with Crippen molar-refractivity contribution in [1.29, 1.82) is 0 Å². The Bertz CT molecular complexity index is 814. The number of aryl methyl sites for hydroxylation is 1. The lowest BCUT2D eigenvalue weighted by Crippen LogP contribution is -2.30. The van der Waals surface area contributed by atoms with Crippen LogP contribution in [0.3, 0.4) is 0 Å². The highest BCUT2D eigenvalue weighted by atomic mass is 35.5. The summed E-state index contributed by atoms with van der Waals surface area (Å²) in [4.78, 5) is 11.7. The number of amides is 1. The van der Waals surface area contributed by atoms with E-state index in [4.69, 9.17) is 28.3 Å². The maximum atomic E-state index is 11.7. The number of nitrogens with one attached hydrogen (secondary N) is 3. The zero-order valence-electron chi connectivity index (χ0n) is 12.9. The molecule has 2 aliphatic heterocycles. The Morgan fingerprint density at radius 3 is 2.79 bits per heavy atom. The van der Waals surface area contributed by atoms with E-state index in [-0.39, 0.29) is 17.9 Å². The Kier molecular flexibility index (Phi) is 4.18. The lowest BCUT2D eigenvalue weighted by atomic mass is 9.94. The molecule has 6 nitrogen and oxygen atoms in total. The van der Waals surface area contributed by atoms with E-state index in [0.29, 0.717) is 10.0 Å². The fraction of sp³-hybridized carbons (Fsp3) is 0.438. The van der Waals surface area contributed by atoms with Crippen LogP contribution in [0.25, 0.3) is 10.9 Å². The van der Waals surface area contributed by atoms with E-state index < -0.39 is 6.61 Å². The fourth-order valence-corrected chi connectivity index (χ4v) is 4.32. The van der Waals surface area contributed by atoms with Gasteiger partial charge < -0.3 is 15.0 Å². The van der Waals surface area contributed by atoms with Crippen LogP contribution in [-0.4, -0.2) is 35.3 Å². The van der Waals surface area contributed by atoms with E-state index in [2.05, 4.69) is 20.7 Å². The predicted octanol–water partition coefficient (Wildman–Crippen LogP) is 1.69. The number of aliphatic hydroxyl groups is 1. The molecule has 0 saturated carbocycles. The number of hydrazine groups is 1. The van der Waals surface area contributed by atoms with E-state index in [0.717, 1.165) is 42.7 Å². The van der Waals surface area contributed by atoms with Crippen LogP contribution < -0.4 is 16.2 Å². The van der Waals surface area contributed by atoms with Gasteiger partial charge in [0.15, 0.2) is 0 Å². The van der Waals surface area contributed by atoms with Crippen LogP contribution in [0.5, 0.6) is 0 Å². The first kappa shape index (κ1) is 16.2. The molecule has 0 radical (unpaired) electrons. The summed E-state index contributed by atoms with van der Waals surface area (Å²) in [5.41, 5.74) is 9.53. The molecule has 0 spiro atoms. The van der Waals surface area contributed by atoms with Gasteiger partial charge in [0.2, 0.25) is 5.91 Å². The van der Waals surface area contributed by atoms with Crippen molar-refractivity contribution in [2.24, 2.45) is 0 Å². The topological polar surface area (TPSA) is 78.3 Å². The van der Waals surface area contributed by atoms with Crippen LogP contribution in [0.2, 0.25) is 10.0 Å². The van der Waals surface area contributed by atoms with Crippen LogP contribution in [0, 0.1) is 0 Å². The minimum Gasteiger partial charge on any atom is -0.387 e. The molecule has 1 atom stereocenters. The van der Waals surface area contributed by atoms with Crippen molar-refractivity contribution in [3.63, 3.8) is 0 Å². The molecular weight excluding hydrogens is 351 g/mol. The quantitative estimate of drug-likeness (QED) is 0.664. The number of hydrogen-bond acceptors (Lipinski definition) is 4. The second-order valence-corrected chi connectivity index (χ2v) is 7.02. The zero-order chi connectivity index (χ0) is 16.8. The summed E-state index contributed by atoms with van der Waals surface area (Å²) in [5.74, 6) is -0.0796. The van der Waals surface area contributed by atoms with E-state index in [1.807, 2.05) is 12.1 Å². The molecule has 24 heavy (non-hydrogen) atoms. The number of fused-ring (bicyclic) bond motifs is 3. The third-order valence-electron chi connectivity index (χ3n) is 4.88. The molecule has 1 unspecified atom stereocenters. The number of nitrogens with zero attached hydrogens (tertiary/aromatic N) is 1. The molecule has 4 rings (SSSR count). The summed E-state index contributed by atoms with van der Waals surface area (Å²) in [5, 5.41) is 14.1. The number of hydrogen-bond donors (Lipinski definition) is 4. The first-order chi connectivity index (χ1) is 11.6. The Morgan fingerprint density at radius 2 is 2.08 bits per heavy atom. The van der Waals surface area contributed by atoms with Gasteiger partial charge in [-0.15, -0.1) is 0 Å². The average molecular weight is 369 g/mol. The predicted molar refractivity (Wildman–Crippen MR) is 93.3 cm³/mol. The van der Waals surface area contributed by atoms with Crippen LogP contribution in [-0.2, 0) is 11.3 Å². The van der Waals surface area contributed by atoms with Gasteiger partial charge in [-0.2, -0.15) is 0 Å². The summed E-state index contributed by atoms with van der Waals surface area (Å²) in [7, 11) is 0. The SMILES string of the molecule is O=C(CO)NC1CCn2c1c(C1CNNC1)c1ccc(Cl)c(Cl)c12. The molecule has 0 aliphatic carbocycles. The summed E-state index contributed by atoms with van der Waals surface area (Å²) < 4.78 is 2.17. The van der Waals surface area contributed by atoms with Crippen molar-refractivity contribution < 1.29 is 9.90 Å². The lowest BCUT2D eigenvalue weighted by molar-refractivity contribution is -0.124. The van der Waals surface area contributed by atoms with Crippen molar-refractivity contribution in [3.05, 3.63) is 33.4 Å². The summed E-state index contributed by atoms with van der Waals surface area (Å²) >= 11 is 12.7. The molecule has 4 N–H and O–H groups in total. The van der Waals surface area contributed by atoms with Crippen LogP contribution >= 0.6 is 23.2 Å². The first-order valence-corrected chi connectivity index (χ1v) is 8.73. The van der Waals surface area contributed by atoms with Crippen molar-refractivity contribution >= 4 is 40.0 Å². The van der Waals surface area contributed by atoms with Crippen molar-refractivity contribution in [2.75, 3.05) is 19.7 Å². The standard InChI is InChI=1S/C16H18Cl2N4O2/c17-10-2-1-9-13(8-5-19-20-6-8)16-11(21-12(24)7-23)3-4-22(16)15(9)14(10)18/h1-2,8,11,19-20,23H,3-7H2,(H,21,24). The van der Waals surface area contributed by atoms with Gasteiger partial charge in [0.05, 0.1) is 21.6 Å². The number of aliphatic hydroxyl groups excluding tert-OH is 1. The third-order valence-corrected chi connectivity index (χ3v) is 5.67. The molecular formula is C16H18Cl2N4O2. The highest BCUT2D eigenvalue weighted by molar-refractivity contribution is 6.45. The van der Waals surface area contributed by atoms with E-state index in [9.17, 15) is 4.79 Å². The van der Waals surface area contributed by atoms with Gasteiger partial charge in [-0.1, -0.05) is 29.3 Å². The molecule has 1 saturated heterocycles. The summed E-state index contributed by atoms with van der Waals surface area (Å²) in [6.45, 7) is 1.88. The van der Waals surface area contributed by atoms with Gasteiger partial charge in [0.25, 0.3) is 0 Å². The average Bonchev–Trinajstić information content (AvgIpc) is 3.27. The molecule has 2 aromatic rings. The maximum absolute atomic E-state index is 11.7. The monoisotopic (exact) mass is 368 g/mol. The molecule has 3 heterocycles. The molecule has 1 aromatic carbocycles. The lowest BCUT2D eigenvalue weighted by Gasteiger charge is -2.17. The van der Waals surface area contributed by atoms with Gasteiger partial charge in [-0.3, -0.25) is 15.6 Å². The molecule has 1 aromatic heterocycles. The molecule has 0 bridgehead atoms. The van der Waals surface area contributed by atoms with Crippen LogP contribution in [0.15, 0.2) is 12.1 Å². The van der Waals surface area contributed by atoms with Gasteiger partial charge in [0, 0.05) is 36.6 Å². The normalized spacial score (nSPS) is 20.7. The Hall–Kier alpha value is -1.31. The highest BCUT2D eigenvalue weighted by Crippen LogP contribution is 2.44. The highest BCUT2D eigenvalue weighted by Gasteiger charge is 2.35. The Labute approximate surface area is 149 Å². The number of benzene rings is 1. The summed E-state index contributed by atoms with van der Waals surface area (Å²) in [6.07, 6.45) is 0.778. The number of halogens is 2. The van der Waals surface area contributed by atoms with Crippen LogP contribution in [0.1, 0.15) is 29.6 Å². The molecule has 8 heteroatoms. The molecule has 128 valence electrons. The van der Waals surface area contributed by atoms with Crippen molar-refractivity contribution in [2.45, 2.75) is 24.9 Å². The molecule has 1 fully saturated rings. The van der Waals surface area contributed by atoms with Crippen molar-refractivity contribution in [1.82, 2.24) is 20.7 Å². The Morgan fingerprint density at radius 1 is 1.33 bits per heavy atom. The zero-order valence-corrected chi connectivity index (χ0v) is 14.4. The Balaban J connectivity index is 1.92. The molecule has 2 aliphatic rings. The fourth-order valence-electron chi connectivity index (χ4n) is 3.90. The third kappa shape index (κ3) is 2.41. The van der Waals surface area contributed by atoms with E-state index in [1.165, 1.54) is 5.56 Å². The number of rotatable bonds is 3. The van der Waals surface area contributed by atoms with Gasteiger partial charge >= 0.3 is 0 Å². The maximum Gasteiger partial charge on any atom is 0.246 e. The van der Waals surface area contributed by atoms with Gasteiger partial charge in [0.1, 0.15) is 6.61 Å². The van der Waals surface area contributed by atoms with Crippen molar-refractivity contribution in [3.8, 4) is 0 Å².